The van der Waals surface area contributed by atoms with Crippen LogP contribution in [0.2, 0.25) is 0 Å². The van der Waals surface area contributed by atoms with Crippen molar-refractivity contribution in [2.24, 2.45) is 0 Å². The Morgan fingerprint density at radius 2 is 1.70 bits per heavy atom. The number of amides is 2. The molecule has 0 fully saturated rings. The number of carboxylic acid groups (broad SMARTS) is 1. The van der Waals surface area contributed by atoms with E-state index in [-0.39, 0.29) is 18.9 Å². The molecule has 3 N–H and O–H groups in total. The molecule has 2 heterocycles. The summed E-state index contributed by atoms with van der Waals surface area (Å²) in [5, 5.41) is 13.3. The molecule has 0 bridgehead atoms. The quantitative estimate of drug-likeness (QED) is 0.552. The first-order valence-corrected chi connectivity index (χ1v) is 9.55. The Kier molecular flexibility index (Phi) is 6.15. The number of aliphatic carboxylic acids is 1. The summed E-state index contributed by atoms with van der Waals surface area (Å²) in [6.07, 6.45) is 1.91. The standard InChI is InChI=1S/C22H24N4O4/c1-13-6-7-26-17(10-19(27)23-11-20(28)24-12-21(29)30)22(25-18(26)8-13)16-5-4-14(2)15(3)9-16/h4-9H,10-12H2,1-3H3,(H,23,27)(H,24,28)(H,29,30). The number of carbonyl (C=O) groups excluding carboxylic acids is 2. The molecule has 0 aliphatic heterocycles. The van der Waals surface area contributed by atoms with Crippen LogP contribution in [0.3, 0.4) is 0 Å². The van der Waals surface area contributed by atoms with Crippen LogP contribution in [0, 0.1) is 20.8 Å². The fourth-order valence-electron chi connectivity index (χ4n) is 3.12. The average molecular weight is 408 g/mol. The van der Waals surface area contributed by atoms with Crippen LogP contribution in [0.4, 0.5) is 0 Å². The number of benzene rings is 1. The van der Waals surface area contributed by atoms with Crippen LogP contribution in [0.15, 0.2) is 36.5 Å². The van der Waals surface area contributed by atoms with E-state index < -0.39 is 18.4 Å². The molecule has 3 rings (SSSR count). The van der Waals surface area contributed by atoms with Gasteiger partial charge in [0.15, 0.2) is 0 Å². The van der Waals surface area contributed by atoms with E-state index in [1.807, 2.05) is 61.7 Å². The number of rotatable bonds is 7. The highest BCUT2D eigenvalue weighted by Crippen LogP contribution is 2.27. The first-order valence-electron chi connectivity index (χ1n) is 9.55. The summed E-state index contributed by atoms with van der Waals surface area (Å²) in [5.74, 6) is -2.06. The van der Waals surface area contributed by atoms with Gasteiger partial charge in [-0.3, -0.25) is 14.4 Å². The van der Waals surface area contributed by atoms with Crippen molar-refractivity contribution in [2.45, 2.75) is 27.2 Å². The van der Waals surface area contributed by atoms with Gasteiger partial charge in [0.05, 0.1) is 24.4 Å². The van der Waals surface area contributed by atoms with E-state index >= 15 is 0 Å². The minimum absolute atomic E-state index is 0.0265. The van der Waals surface area contributed by atoms with Gasteiger partial charge in [-0.2, -0.15) is 0 Å². The Balaban J connectivity index is 1.86. The van der Waals surface area contributed by atoms with E-state index in [2.05, 4.69) is 10.6 Å². The average Bonchev–Trinajstić information content (AvgIpc) is 3.04. The molecule has 0 unspecified atom stereocenters. The molecule has 156 valence electrons. The highest BCUT2D eigenvalue weighted by Gasteiger charge is 2.18. The molecule has 3 aromatic rings. The molecular weight excluding hydrogens is 384 g/mol. The van der Waals surface area contributed by atoms with E-state index in [9.17, 15) is 14.4 Å². The maximum atomic E-state index is 12.5. The molecule has 1 aromatic carbocycles. The van der Waals surface area contributed by atoms with Crippen molar-refractivity contribution in [1.82, 2.24) is 20.0 Å². The van der Waals surface area contributed by atoms with Gasteiger partial charge in [0.2, 0.25) is 11.8 Å². The second-order valence-electron chi connectivity index (χ2n) is 7.26. The Morgan fingerprint density at radius 3 is 2.40 bits per heavy atom. The summed E-state index contributed by atoms with van der Waals surface area (Å²) >= 11 is 0. The molecule has 2 amide bonds. The lowest BCUT2D eigenvalue weighted by Crippen LogP contribution is -2.39. The zero-order chi connectivity index (χ0) is 21.8. The highest BCUT2D eigenvalue weighted by atomic mass is 16.4. The van der Waals surface area contributed by atoms with E-state index in [0.29, 0.717) is 5.69 Å². The number of aromatic nitrogens is 2. The van der Waals surface area contributed by atoms with Gasteiger partial charge >= 0.3 is 5.97 Å². The SMILES string of the molecule is Cc1ccn2c(CC(=O)NCC(=O)NCC(=O)O)c(-c3ccc(C)c(C)c3)nc2c1. The summed E-state index contributed by atoms with van der Waals surface area (Å²) in [6, 6.07) is 9.95. The minimum atomic E-state index is -1.14. The monoisotopic (exact) mass is 408 g/mol. The van der Waals surface area contributed by atoms with Gasteiger partial charge in [0, 0.05) is 11.8 Å². The third-order valence-electron chi connectivity index (χ3n) is 4.87. The maximum Gasteiger partial charge on any atom is 0.322 e. The van der Waals surface area contributed by atoms with Crippen LogP contribution in [0.1, 0.15) is 22.4 Å². The van der Waals surface area contributed by atoms with Crippen LogP contribution < -0.4 is 10.6 Å². The summed E-state index contributed by atoms with van der Waals surface area (Å²) in [5.41, 5.74) is 6.46. The van der Waals surface area contributed by atoms with Crippen molar-refractivity contribution >= 4 is 23.4 Å². The fourth-order valence-corrected chi connectivity index (χ4v) is 3.12. The summed E-state index contributed by atoms with van der Waals surface area (Å²) in [4.78, 5) is 39.4. The number of nitrogens with zero attached hydrogens (tertiary/aromatic N) is 2. The summed E-state index contributed by atoms with van der Waals surface area (Å²) < 4.78 is 1.88. The van der Waals surface area contributed by atoms with Gasteiger partial charge in [-0.05, 0) is 55.7 Å². The van der Waals surface area contributed by atoms with E-state index in [1.165, 1.54) is 5.56 Å². The van der Waals surface area contributed by atoms with Crippen molar-refractivity contribution in [2.75, 3.05) is 13.1 Å². The Hall–Kier alpha value is -3.68. The number of aryl methyl sites for hydroxylation is 3. The number of hydrogen-bond acceptors (Lipinski definition) is 4. The van der Waals surface area contributed by atoms with Crippen LogP contribution >= 0.6 is 0 Å². The van der Waals surface area contributed by atoms with Crippen molar-refractivity contribution in [1.29, 1.82) is 0 Å². The first-order chi connectivity index (χ1) is 14.2. The number of carboxylic acids is 1. The van der Waals surface area contributed by atoms with Crippen LogP contribution in [-0.4, -0.2) is 45.4 Å². The Bertz CT molecular complexity index is 1130. The minimum Gasteiger partial charge on any atom is -0.480 e. The molecule has 0 radical (unpaired) electrons. The zero-order valence-corrected chi connectivity index (χ0v) is 17.2. The number of nitrogens with one attached hydrogen (secondary N) is 2. The second-order valence-corrected chi connectivity index (χ2v) is 7.26. The Morgan fingerprint density at radius 1 is 0.967 bits per heavy atom. The van der Waals surface area contributed by atoms with Crippen molar-refractivity contribution in [3.05, 3.63) is 58.9 Å². The van der Waals surface area contributed by atoms with Crippen molar-refractivity contribution < 1.29 is 19.5 Å². The smallest absolute Gasteiger partial charge is 0.322 e. The van der Waals surface area contributed by atoms with Gasteiger partial charge < -0.3 is 20.1 Å². The molecule has 0 saturated heterocycles. The number of hydrogen-bond donors (Lipinski definition) is 3. The lowest BCUT2D eigenvalue weighted by molar-refractivity contribution is -0.137. The third kappa shape index (κ3) is 4.83. The van der Waals surface area contributed by atoms with Crippen molar-refractivity contribution in [3.8, 4) is 11.3 Å². The summed E-state index contributed by atoms with van der Waals surface area (Å²) in [7, 11) is 0. The second kappa shape index (κ2) is 8.77. The van der Waals surface area contributed by atoms with E-state index in [0.717, 1.165) is 28.0 Å². The van der Waals surface area contributed by atoms with Crippen LogP contribution in [0.5, 0.6) is 0 Å². The number of carbonyl (C=O) groups is 3. The van der Waals surface area contributed by atoms with Crippen LogP contribution in [-0.2, 0) is 20.8 Å². The van der Waals surface area contributed by atoms with E-state index in [4.69, 9.17) is 10.1 Å². The molecule has 8 heteroatoms. The molecule has 30 heavy (non-hydrogen) atoms. The van der Waals surface area contributed by atoms with Gasteiger partial charge in [0.1, 0.15) is 12.2 Å². The third-order valence-corrected chi connectivity index (χ3v) is 4.87. The molecule has 0 saturated carbocycles. The van der Waals surface area contributed by atoms with Gasteiger partial charge in [-0.25, -0.2) is 4.98 Å². The topological polar surface area (TPSA) is 113 Å². The normalized spacial score (nSPS) is 10.8. The van der Waals surface area contributed by atoms with E-state index in [1.54, 1.807) is 0 Å². The van der Waals surface area contributed by atoms with Gasteiger partial charge in [0.25, 0.3) is 0 Å². The largest absolute Gasteiger partial charge is 0.480 e. The first kappa shape index (κ1) is 21.0. The molecule has 0 aliphatic rings. The molecule has 8 nitrogen and oxygen atoms in total. The number of pyridine rings is 1. The maximum absolute atomic E-state index is 12.5. The van der Waals surface area contributed by atoms with Gasteiger partial charge in [-0.15, -0.1) is 0 Å². The Labute approximate surface area is 173 Å². The molecule has 2 aromatic heterocycles. The highest BCUT2D eigenvalue weighted by molar-refractivity contribution is 5.88. The molecular formula is C22H24N4O4. The predicted molar refractivity (Wildman–Crippen MR) is 112 cm³/mol. The van der Waals surface area contributed by atoms with Crippen LogP contribution in [0.25, 0.3) is 16.9 Å². The fraction of sp³-hybridized carbons (Fsp3) is 0.273. The van der Waals surface area contributed by atoms with Crippen molar-refractivity contribution in [3.63, 3.8) is 0 Å². The van der Waals surface area contributed by atoms with Gasteiger partial charge in [-0.1, -0.05) is 12.1 Å². The lowest BCUT2D eigenvalue weighted by Gasteiger charge is -2.09. The zero-order valence-electron chi connectivity index (χ0n) is 17.2. The molecule has 0 aliphatic carbocycles. The molecule has 0 spiro atoms. The lowest BCUT2D eigenvalue weighted by atomic mass is 10.0. The summed E-state index contributed by atoms with van der Waals surface area (Å²) in [6.45, 7) is 5.27. The molecule has 0 atom stereocenters. The predicted octanol–water partition coefficient (Wildman–Crippen LogP) is 1.79. The number of fused-ring (bicyclic) bond motifs is 1. The number of imidazole rings is 1.